The van der Waals surface area contributed by atoms with E-state index in [1.54, 1.807) is 6.92 Å². The standard InChI is InChI=1S/C24H30N2O4S/c1-18-22(27)23(31-21-11-6-5-10-20(21)30-18)24(28)29-17-7-12-25-13-15-26(16-14-25)19-8-3-2-4-9-19/h2-6,8-11,18,22-23,27H,7,12-17H2,1H3. The van der Waals surface area contributed by atoms with Gasteiger partial charge in [-0.3, -0.25) is 9.69 Å². The quantitative estimate of drug-likeness (QED) is 0.545. The molecule has 0 saturated carbocycles. The Morgan fingerprint density at radius 1 is 1.10 bits per heavy atom. The number of thioether (sulfide) groups is 1. The van der Waals surface area contributed by atoms with Crippen molar-refractivity contribution in [3.8, 4) is 5.75 Å². The number of piperazine rings is 1. The first-order valence-corrected chi connectivity index (χ1v) is 11.8. The second-order valence-electron chi connectivity index (χ2n) is 7.98. The lowest BCUT2D eigenvalue weighted by Gasteiger charge is -2.36. The molecule has 31 heavy (non-hydrogen) atoms. The summed E-state index contributed by atoms with van der Waals surface area (Å²) in [5, 5.41) is 9.89. The van der Waals surface area contributed by atoms with Crippen LogP contribution in [-0.4, -0.2) is 72.8 Å². The number of carbonyl (C=O) groups is 1. The maximum Gasteiger partial charge on any atom is 0.322 e. The highest BCUT2D eigenvalue weighted by Crippen LogP contribution is 2.38. The fourth-order valence-corrected chi connectivity index (χ4v) is 5.15. The molecule has 4 rings (SSSR count). The summed E-state index contributed by atoms with van der Waals surface area (Å²) in [6.45, 7) is 7.06. The lowest BCUT2D eigenvalue weighted by atomic mass is 10.1. The zero-order valence-electron chi connectivity index (χ0n) is 17.9. The van der Waals surface area contributed by atoms with Crippen LogP contribution in [0.25, 0.3) is 0 Å². The number of para-hydroxylation sites is 2. The van der Waals surface area contributed by atoms with Crippen LogP contribution in [0.1, 0.15) is 13.3 Å². The summed E-state index contributed by atoms with van der Waals surface area (Å²) in [7, 11) is 0. The molecule has 2 aliphatic rings. The molecule has 0 radical (unpaired) electrons. The smallest absolute Gasteiger partial charge is 0.322 e. The minimum absolute atomic E-state index is 0.360. The number of esters is 1. The third-order valence-corrected chi connectivity index (χ3v) is 7.11. The molecule has 2 aromatic rings. The SMILES string of the molecule is CC1Oc2ccccc2SC(C(=O)OCCCN2CCN(c3ccccc3)CC2)C1O. The predicted molar refractivity (Wildman–Crippen MR) is 123 cm³/mol. The van der Waals surface area contributed by atoms with Gasteiger partial charge in [-0.15, -0.1) is 11.8 Å². The molecule has 0 spiro atoms. The summed E-state index contributed by atoms with van der Waals surface area (Å²) in [6, 6.07) is 18.0. The number of aliphatic hydroxyl groups excluding tert-OH is 1. The molecule has 0 aliphatic carbocycles. The van der Waals surface area contributed by atoms with Gasteiger partial charge in [-0.25, -0.2) is 0 Å². The molecular weight excluding hydrogens is 412 g/mol. The van der Waals surface area contributed by atoms with E-state index < -0.39 is 17.5 Å². The van der Waals surface area contributed by atoms with Crippen LogP contribution in [0.5, 0.6) is 5.75 Å². The van der Waals surface area contributed by atoms with E-state index in [1.807, 2.05) is 30.3 Å². The fourth-order valence-electron chi connectivity index (χ4n) is 3.97. The molecular formula is C24H30N2O4S. The minimum atomic E-state index is -0.920. The van der Waals surface area contributed by atoms with Crippen molar-refractivity contribution in [3.63, 3.8) is 0 Å². The van der Waals surface area contributed by atoms with Crippen LogP contribution >= 0.6 is 11.8 Å². The average Bonchev–Trinajstić information content (AvgIpc) is 2.94. The van der Waals surface area contributed by atoms with Crippen molar-refractivity contribution < 1.29 is 19.4 Å². The van der Waals surface area contributed by atoms with Crippen LogP contribution in [0, 0.1) is 0 Å². The number of nitrogens with zero attached hydrogens (tertiary/aromatic N) is 2. The van der Waals surface area contributed by atoms with Gasteiger partial charge in [0.25, 0.3) is 0 Å². The minimum Gasteiger partial charge on any atom is -0.487 e. The maximum absolute atomic E-state index is 12.7. The summed E-state index contributed by atoms with van der Waals surface area (Å²) < 4.78 is 11.3. The van der Waals surface area contributed by atoms with Crippen molar-refractivity contribution in [2.24, 2.45) is 0 Å². The topological polar surface area (TPSA) is 62.2 Å². The summed E-state index contributed by atoms with van der Waals surface area (Å²) in [5.41, 5.74) is 1.27. The van der Waals surface area contributed by atoms with Crippen molar-refractivity contribution in [1.29, 1.82) is 0 Å². The number of rotatable bonds is 6. The predicted octanol–water partition coefficient (Wildman–Crippen LogP) is 3.04. The number of aliphatic hydroxyl groups is 1. The molecule has 0 aromatic heterocycles. The molecule has 1 fully saturated rings. The third kappa shape index (κ3) is 5.53. The number of ether oxygens (including phenoxy) is 2. The van der Waals surface area contributed by atoms with E-state index in [0.717, 1.165) is 44.0 Å². The van der Waals surface area contributed by atoms with Crippen LogP contribution in [0.4, 0.5) is 5.69 Å². The Kier molecular flexibility index (Phi) is 7.37. The van der Waals surface area contributed by atoms with Crippen molar-refractivity contribution >= 4 is 23.4 Å². The number of benzene rings is 2. The second kappa shape index (κ2) is 10.4. The van der Waals surface area contributed by atoms with E-state index in [1.165, 1.54) is 17.4 Å². The zero-order valence-corrected chi connectivity index (χ0v) is 18.7. The third-order valence-electron chi connectivity index (χ3n) is 5.80. The lowest BCUT2D eigenvalue weighted by molar-refractivity contribution is -0.146. The Bertz CT molecular complexity index is 858. The van der Waals surface area contributed by atoms with Gasteiger partial charge in [0.2, 0.25) is 0 Å². The van der Waals surface area contributed by atoms with Crippen LogP contribution in [0.2, 0.25) is 0 Å². The fraction of sp³-hybridized carbons (Fsp3) is 0.458. The molecule has 0 bridgehead atoms. The first-order chi connectivity index (χ1) is 15.1. The van der Waals surface area contributed by atoms with Gasteiger partial charge in [0.05, 0.1) is 11.5 Å². The molecule has 166 valence electrons. The molecule has 2 heterocycles. The molecule has 2 aliphatic heterocycles. The highest BCUT2D eigenvalue weighted by atomic mass is 32.2. The summed E-state index contributed by atoms with van der Waals surface area (Å²) >= 11 is 1.32. The maximum atomic E-state index is 12.7. The summed E-state index contributed by atoms with van der Waals surface area (Å²) in [6.07, 6.45) is -0.613. The van der Waals surface area contributed by atoms with E-state index in [2.05, 4.69) is 34.1 Å². The van der Waals surface area contributed by atoms with Gasteiger partial charge in [0, 0.05) is 38.4 Å². The van der Waals surface area contributed by atoms with Gasteiger partial charge >= 0.3 is 5.97 Å². The van der Waals surface area contributed by atoms with E-state index in [9.17, 15) is 9.90 Å². The van der Waals surface area contributed by atoms with Gasteiger partial charge in [-0.1, -0.05) is 30.3 Å². The van der Waals surface area contributed by atoms with Gasteiger partial charge in [-0.05, 0) is 37.6 Å². The number of hydrogen-bond donors (Lipinski definition) is 1. The van der Waals surface area contributed by atoms with Crippen molar-refractivity contribution in [1.82, 2.24) is 4.90 Å². The van der Waals surface area contributed by atoms with Gasteiger partial charge in [0.1, 0.15) is 23.2 Å². The first-order valence-electron chi connectivity index (χ1n) is 10.9. The zero-order chi connectivity index (χ0) is 21.6. The largest absolute Gasteiger partial charge is 0.487 e. The van der Waals surface area contributed by atoms with Gasteiger partial charge in [0.15, 0.2) is 0 Å². The normalized spacial score (nSPS) is 24.1. The molecule has 1 N–H and O–H groups in total. The van der Waals surface area contributed by atoms with Crippen LogP contribution in [-0.2, 0) is 9.53 Å². The van der Waals surface area contributed by atoms with E-state index >= 15 is 0 Å². The van der Waals surface area contributed by atoms with Crippen molar-refractivity contribution in [2.75, 3.05) is 44.2 Å². The van der Waals surface area contributed by atoms with Crippen LogP contribution in [0.15, 0.2) is 59.5 Å². The molecule has 1 saturated heterocycles. The number of hydrogen-bond acceptors (Lipinski definition) is 7. The molecule has 3 unspecified atom stereocenters. The first kappa shape index (κ1) is 22.0. The van der Waals surface area contributed by atoms with Crippen LogP contribution < -0.4 is 9.64 Å². The number of anilines is 1. The van der Waals surface area contributed by atoms with E-state index in [-0.39, 0.29) is 5.97 Å². The number of fused-ring (bicyclic) bond motifs is 1. The van der Waals surface area contributed by atoms with Gasteiger partial charge < -0.3 is 19.5 Å². The second-order valence-corrected chi connectivity index (χ2v) is 9.17. The highest BCUT2D eigenvalue weighted by molar-refractivity contribution is 8.00. The van der Waals surface area contributed by atoms with E-state index in [4.69, 9.17) is 9.47 Å². The van der Waals surface area contributed by atoms with Crippen molar-refractivity contribution in [3.05, 3.63) is 54.6 Å². The average molecular weight is 443 g/mol. The summed E-state index contributed by atoms with van der Waals surface area (Å²) in [5.74, 6) is 0.322. The van der Waals surface area contributed by atoms with Crippen LogP contribution in [0.3, 0.4) is 0 Å². The molecule has 2 aromatic carbocycles. The summed E-state index contributed by atoms with van der Waals surface area (Å²) in [4.78, 5) is 18.4. The van der Waals surface area contributed by atoms with E-state index in [0.29, 0.717) is 12.4 Å². The molecule has 6 nitrogen and oxygen atoms in total. The molecule has 3 atom stereocenters. The van der Waals surface area contributed by atoms with Crippen molar-refractivity contribution in [2.45, 2.75) is 35.7 Å². The Morgan fingerprint density at radius 3 is 2.58 bits per heavy atom. The monoisotopic (exact) mass is 442 g/mol. The Balaban J connectivity index is 1.21. The van der Waals surface area contributed by atoms with Gasteiger partial charge in [-0.2, -0.15) is 0 Å². The molecule has 0 amide bonds. The molecule has 7 heteroatoms. The lowest BCUT2D eigenvalue weighted by Crippen LogP contribution is -2.46. The number of carbonyl (C=O) groups excluding carboxylic acids is 1. The Labute approximate surface area is 188 Å². The highest BCUT2D eigenvalue weighted by Gasteiger charge is 2.37. The Morgan fingerprint density at radius 2 is 1.81 bits per heavy atom. The Hall–Kier alpha value is -2.22.